The van der Waals surface area contributed by atoms with Crippen LogP contribution in [-0.4, -0.2) is 35.9 Å². The van der Waals surface area contributed by atoms with E-state index in [4.69, 9.17) is 9.15 Å². The third kappa shape index (κ3) is 4.95. The fraction of sp³-hybridized carbons (Fsp3) is 0.333. The molecule has 172 valence electrons. The number of aryl methyl sites for hydroxylation is 1. The number of ether oxygens (including phenoxy) is 1. The van der Waals surface area contributed by atoms with Gasteiger partial charge in [0.05, 0.1) is 12.3 Å². The van der Waals surface area contributed by atoms with E-state index in [2.05, 4.69) is 11.4 Å². The highest BCUT2D eigenvalue weighted by atomic mass is 16.5. The molecule has 0 saturated carbocycles. The van der Waals surface area contributed by atoms with E-state index in [0.717, 1.165) is 29.5 Å². The summed E-state index contributed by atoms with van der Waals surface area (Å²) in [6, 6.07) is 17.3. The average molecular weight is 447 g/mol. The van der Waals surface area contributed by atoms with Crippen molar-refractivity contribution in [3.63, 3.8) is 0 Å². The van der Waals surface area contributed by atoms with Crippen molar-refractivity contribution in [2.45, 2.75) is 45.8 Å². The van der Waals surface area contributed by atoms with Gasteiger partial charge in [-0.05, 0) is 67.6 Å². The average Bonchev–Trinajstić information content (AvgIpc) is 3.36. The first-order valence-electron chi connectivity index (χ1n) is 11.5. The van der Waals surface area contributed by atoms with Gasteiger partial charge < -0.3 is 19.4 Å². The fourth-order valence-electron chi connectivity index (χ4n) is 4.28. The standard InChI is InChI=1S/C27H30N2O4/c1-4-13-28-26(30)19(3)33-22-11-10-20-12-14-29(27(31)24-9-6-15-32-24)25(23(20)17-22)21-8-5-7-18(2)16-21/h5-11,15-17,19,25H,4,12-14H2,1-3H3,(H,28,30)/t19-,25+/m1/s1. The summed E-state index contributed by atoms with van der Waals surface area (Å²) in [5.41, 5.74) is 4.33. The lowest BCUT2D eigenvalue weighted by Gasteiger charge is -2.37. The molecule has 0 fully saturated rings. The van der Waals surface area contributed by atoms with Crippen molar-refractivity contribution in [1.29, 1.82) is 0 Å². The summed E-state index contributed by atoms with van der Waals surface area (Å²) in [6.07, 6.45) is 2.51. The lowest BCUT2D eigenvalue weighted by atomic mass is 9.87. The topological polar surface area (TPSA) is 71.8 Å². The van der Waals surface area contributed by atoms with E-state index in [0.29, 0.717) is 24.6 Å². The summed E-state index contributed by atoms with van der Waals surface area (Å²) in [4.78, 5) is 27.5. The van der Waals surface area contributed by atoms with Gasteiger partial charge in [0.2, 0.25) is 0 Å². The van der Waals surface area contributed by atoms with Crippen molar-refractivity contribution in [3.8, 4) is 5.75 Å². The van der Waals surface area contributed by atoms with Crippen molar-refractivity contribution >= 4 is 11.8 Å². The highest BCUT2D eigenvalue weighted by Gasteiger charge is 2.34. The number of rotatable bonds is 7. The summed E-state index contributed by atoms with van der Waals surface area (Å²) >= 11 is 0. The van der Waals surface area contributed by atoms with Gasteiger partial charge in [0, 0.05) is 13.1 Å². The third-order valence-electron chi connectivity index (χ3n) is 5.93. The van der Waals surface area contributed by atoms with Crippen LogP contribution in [0.15, 0.2) is 65.3 Å². The maximum atomic E-state index is 13.3. The van der Waals surface area contributed by atoms with Crippen LogP contribution in [0.5, 0.6) is 5.75 Å². The summed E-state index contributed by atoms with van der Waals surface area (Å²) in [6.45, 7) is 7.00. The van der Waals surface area contributed by atoms with Crippen LogP contribution in [0, 0.1) is 6.92 Å². The Bertz CT molecular complexity index is 1120. The first-order valence-corrected chi connectivity index (χ1v) is 11.5. The largest absolute Gasteiger partial charge is 0.481 e. The molecule has 33 heavy (non-hydrogen) atoms. The fourth-order valence-corrected chi connectivity index (χ4v) is 4.28. The van der Waals surface area contributed by atoms with E-state index < -0.39 is 6.10 Å². The monoisotopic (exact) mass is 446 g/mol. The van der Waals surface area contributed by atoms with Crippen LogP contribution < -0.4 is 10.1 Å². The van der Waals surface area contributed by atoms with E-state index in [1.54, 1.807) is 19.1 Å². The van der Waals surface area contributed by atoms with Crippen molar-refractivity contribution in [2.24, 2.45) is 0 Å². The Morgan fingerprint density at radius 2 is 2.03 bits per heavy atom. The van der Waals surface area contributed by atoms with Gasteiger partial charge in [0.1, 0.15) is 5.75 Å². The van der Waals surface area contributed by atoms with Crippen LogP contribution in [0.25, 0.3) is 0 Å². The molecule has 0 saturated heterocycles. The second kappa shape index (κ2) is 9.94. The van der Waals surface area contributed by atoms with Gasteiger partial charge in [-0.1, -0.05) is 42.8 Å². The molecule has 3 aromatic rings. The highest BCUT2D eigenvalue weighted by Crippen LogP contribution is 2.38. The number of benzene rings is 2. The first-order chi connectivity index (χ1) is 16.0. The number of nitrogens with zero attached hydrogens (tertiary/aromatic N) is 1. The molecule has 4 rings (SSSR count). The van der Waals surface area contributed by atoms with Crippen molar-refractivity contribution < 1.29 is 18.7 Å². The summed E-state index contributed by atoms with van der Waals surface area (Å²) in [5, 5.41) is 2.87. The minimum atomic E-state index is -0.614. The van der Waals surface area contributed by atoms with Crippen molar-refractivity contribution in [2.75, 3.05) is 13.1 Å². The van der Waals surface area contributed by atoms with Gasteiger partial charge in [0.25, 0.3) is 11.8 Å². The molecule has 0 radical (unpaired) electrons. The zero-order valence-corrected chi connectivity index (χ0v) is 19.3. The van der Waals surface area contributed by atoms with Crippen LogP contribution in [-0.2, 0) is 11.2 Å². The Kier molecular flexibility index (Phi) is 6.82. The molecule has 1 aliphatic heterocycles. The smallest absolute Gasteiger partial charge is 0.290 e. The predicted molar refractivity (Wildman–Crippen MR) is 126 cm³/mol. The number of carbonyl (C=O) groups is 2. The van der Waals surface area contributed by atoms with E-state index in [-0.39, 0.29) is 17.9 Å². The zero-order chi connectivity index (χ0) is 23.4. The van der Waals surface area contributed by atoms with Gasteiger partial charge in [-0.3, -0.25) is 9.59 Å². The Labute approximate surface area is 194 Å². The molecule has 2 aromatic carbocycles. The van der Waals surface area contributed by atoms with Crippen molar-refractivity contribution in [3.05, 3.63) is 88.9 Å². The normalized spacial score (nSPS) is 16.1. The molecule has 6 nitrogen and oxygen atoms in total. The highest BCUT2D eigenvalue weighted by molar-refractivity contribution is 5.92. The minimum absolute atomic E-state index is 0.139. The molecule has 1 aromatic heterocycles. The number of carbonyl (C=O) groups excluding carboxylic acids is 2. The van der Waals surface area contributed by atoms with Gasteiger partial charge in [0.15, 0.2) is 11.9 Å². The lowest BCUT2D eigenvalue weighted by molar-refractivity contribution is -0.127. The van der Waals surface area contributed by atoms with E-state index in [9.17, 15) is 9.59 Å². The lowest BCUT2D eigenvalue weighted by Crippen LogP contribution is -2.40. The SMILES string of the molecule is CCCNC(=O)[C@@H](C)Oc1ccc2c(c1)[C@H](c1cccc(C)c1)N(C(=O)c1ccco1)CC2. The zero-order valence-electron chi connectivity index (χ0n) is 19.3. The van der Waals surface area contributed by atoms with Gasteiger partial charge in [-0.25, -0.2) is 0 Å². The second-order valence-corrected chi connectivity index (χ2v) is 8.45. The third-order valence-corrected chi connectivity index (χ3v) is 5.93. The van der Waals surface area contributed by atoms with Crippen molar-refractivity contribution in [1.82, 2.24) is 10.2 Å². The number of fused-ring (bicyclic) bond motifs is 1. The Morgan fingerprint density at radius 3 is 2.76 bits per heavy atom. The Morgan fingerprint density at radius 1 is 1.18 bits per heavy atom. The molecule has 2 heterocycles. The summed E-state index contributed by atoms with van der Waals surface area (Å²) in [7, 11) is 0. The second-order valence-electron chi connectivity index (χ2n) is 8.45. The molecular weight excluding hydrogens is 416 g/mol. The molecule has 0 bridgehead atoms. The maximum absolute atomic E-state index is 13.3. The molecule has 0 aliphatic carbocycles. The summed E-state index contributed by atoms with van der Waals surface area (Å²) < 4.78 is 11.4. The molecule has 1 N–H and O–H groups in total. The maximum Gasteiger partial charge on any atom is 0.290 e. The quantitative estimate of drug-likeness (QED) is 0.573. The van der Waals surface area contributed by atoms with Crippen LogP contribution in [0.3, 0.4) is 0 Å². The van der Waals surface area contributed by atoms with E-state index in [1.165, 1.54) is 11.8 Å². The number of hydrogen-bond acceptors (Lipinski definition) is 4. The molecule has 0 spiro atoms. The first kappa shape index (κ1) is 22.6. The van der Waals surface area contributed by atoms with Crippen LogP contribution in [0.1, 0.15) is 59.1 Å². The molecule has 1 aliphatic rings. The van der Waals surface area contributed by atoms with Gasteiger partial charge in [-0.2, -0.15) is 0 Å². The van der Waals surface area contributed by atoms with Crippen LogP contribution in [0.2, 0.25) is 0 Å². The molecule has 2 atom stereocenters. The van der Waals surface area contributed by atoms with E-state index in [1.807, 2.05) is 55.1 Å². The van der Waals surface area contributed by atoms with Gasteiger partial charge in [-0.15, -0.1) is 0 Å². The van der Waals surface area contributed by atoms with E-state index >= 15 is 0 Å². The Hall–Kier alpha value is -3.54. The van der Waals surface area contributed by atoms with Gasteiger partial charge >= 0.3 is 0 Å². The van der Waals surface area contributed by atoms with Crippen LogP contribution in [0.4, 0.5) is 0 Å². The summed E-state index contributed by atoms with van der Waals surface area (Å²) in [5.74, 6) is 0.651. The van der Waals surface area contributed by atoms with Crippen LogP contribution >= 0.6 is 0 Å². The predicted octanol–water partition coefficient (Wildman–Crippen LogP) is 4.67. The minimum Gasteiger partial charge on any atom is -0.481 e. The number of amides is 2. The molecule has 2 amide bonds. The number of hydrogen-bond donors (Lipinski definition) is 1. The molecule has 0 unspecified atom stereocenters. The number of nitrogens with one attached hydrogen (secondary N) is 1. The number of furan rings is 1. The molecule has 6 heteroatoms. The Balaban J connectivity index is 1.69. The molecular formula is C27H30N2O4.